The Morgan fingerprint density at radius 2 is 1.71 bits per heavy atom. The van der Waals surface area contributed by atoms with Crippen LogP contribution in [-0.2, 0) is 6.42 Å². The number of nitrogens with one attached hydrogen (secondary N) is 2. The molecule has 1 saturated heterocycles. The van der Waals surface area contributed by atoms with Gasteiger partial charge in [0.05, 0.1) is 11.4 Å². The van der Waals surface area contributed by atoms with Gasteiger partial charge >= 0.3 is 6.03 Å². The number of halogens is 1. The number of aliphatic imine (C=N–C) groups is 1. The van der Waals surface area contributed by atoms with Crippen molar-refractivity contribution >= 4 is 23.3 Å². The van der Waals surface area contributed by atoms with E-state index in [4.69, 9.17) is 16.6 Å². The van der Waals surface area contributed by atoms with E-state index in [1.807, 2.05) is 39.8 Å². The van der Waals surface area contributed by atoms with Crippen molar-refractivity contribution in [1.29, 1.82) is 0 Å². The molecule has 0 aliphatic carbocycles. The van der Waals surface area contributed by atoms with Gasteiger partial charge in [-0.05, 0) is 125 Å². The van der Waals surface area contributed by atoms with Crippen molar-refractivity contribution in [3.05, 3.63) is 106 Å². The van der Waals surface area contributed by atoms with Gasteiger partial charge in [0.25, 0.3) is 0 Å². The molecule has 3 rings (SSSR count). The number of unbranched alkanes of at least 4 members (excludes halogenated alkanes) is 1. The minimum Gasteiger partial charge on any atom is -0.307 e. The summed E-state index contributed by atoms with van der Waals surface area (Å²) in [6.45, 7) is 18.4. The van der Waals surface area contributed by atoms with E-state index < -0.39 is 0 Å². The van der Waals surface area contributed by atoms with Crippen molar-refractivity contribution in [1.82, 2.24) is 15.5 Å². The van der Waals surface area contributed by atoms with Gasteiger partial charge in [-0.3, -0.25) is 4.99 Å². The highest BCUT2D eigenvalue weighted by molar-refractivity contribution is 6.30. The van der Waals surface area contributed by atoms with Gasteiger partial charge in [-0.1, -0.05) is 87.0 Å². The number of amides is 2. The highest BCUT2D eigenvalue weighted by atomic mass is 35.5. The third kappa shape index (κ3) is 11.8. The van der Waals surface area contributed by atoms with Crippen LogP contribution in [0.5, 0.6) is 0 Å². The molecule has 6 heteroatoms. The monoisotopic (exact) mass is 628 g/mol. The molecule has 2 aromatic rings. The third-order valence-electron chi connectivity index (χ3n) is 8.20. The number of rotatable bonds is 15. The molecule has 1 aliphatic heterocycles. The fourth-order valence-electron chi connectivity index (χ4n) is 5.44. The van der Waals surface area contributed by atoms with Gasteiger partial charge < -0.3 is 15.5 Å². The van der Waals surface area contributed by atoms with Crippen LogP contribution < -0.4 is 10.6 Å². The minimum atomic E-state index is -0.372. The Kier molecular flexibility index (Phi) is 15.4. The lowest BCUT2D eigenvalue weighted by Gasteiger charge is -2.26. The number of carbonyl (C=O) groups is 1. The van der Waals surface area contributed by atoms with Gasteiger partial charge in [-0.2, -0.15) is 0 Å². The van der Waals surface area contributed by atoms with E-state index >= 15 is 0 Å². The number of hydrogen-bond acceptors (Lipinski definition) is 3. The fourth-order valence-corrected chi connectivity index (χ4v) is 5.63. The van der Waals surface area contributed by atoms with Gasteiger partial charge in [-0.25, -0.2) is 4.79 Å². The predicted octanol–water partition coefficient (Wildman–Crippen LogP) is 9.95. The molecule has 45 heavy (non-hydrogen) atoms. The Morgan fingerprint density at radius 1 is 1.00 bits per heavy atom. The third-order valence-corrected chi connectivity index (χ3v) is 8.66. The van der Waals surface area contributed by atoms with Crippen molar-refractivity contribution < 1.29 is 4.79 Å². The average molecular weight is 629 g/mol. The van der Waals surface area contributed by atoms with Crippen molar-refractivity contribution in [2.24, 2.45) is 4.99 Å². The molecule has 0 spiro atoms. The van der Waals surface area contributed by atoms with Crippen molar-refractivity contribution in [3.63, 3.8) is 0 Å². The van der Waals surface area contributed by atoms with E-state index in [0.29, 0.717) is 29.4 Å². The molecule has 242 valence electrons. The van der Waals surface area contributed by atoms with Crippen molar-refractivity contribution in [3.8, 4) is 11.1 Å². The second kappa shape index (κ2) is 19.2. The maximum absolute atomic E-state index is 13.1. The zero-order valence-corrected chi connectivity index (χ0v) is 28.9. The molecular formula is C39H53ClN4O. The molecule has 0 aromatic heterocycles. The number of urea groups is 1. The van der Waals surface area contributed by atoms with E-state index in [2.05, 4.69) is 77.6 Å². The second-order valence-electron chi connectivity index (χ2n) is 11.9. The van der Waals surface area contributed by atoms with Crippen LogP contribution in [0.2, 0.25) is 0 Å². The van der Waals surface area contributed by atoms with E-state index in [9.17, 15) is 4.79 Å². The second-order valence-corrected chi connectivity index (χ2v) is 12.4. The maximum Gasteiger partial charge on any atom is 0.323 e. The largest absolute Gasteiger partial charge is 0.323 e. The Bertz CT molecular complexity index is 1410. The first-order chi connectivity index (χ1) is 21.7. The highest BCUT2D eigenvalue weighted by Gasteiger charge is 2.14. The molecule has 0 radical (unpaired) electrons. The number of piperidine rings is 1. The summed E-state index contributed by atoms with van der Waals surface area (Å²) in [6.07, 6.45) is 13.0. The van der Waals surface area contributed by atoms with Gasteiger partial charge in [0.15, 0.2) is 0 Å². The molecule has 5 nitrogen and oxygen atoms in total. The first-order valence-corrected chi connectivity index (χ1v) is 17.1. The van der Waals surface area contributed by atoms with Gasteiger partial charge in [0.1, 0.15) is 0 Å². The minimum absolute atomic E-state index is 0.372. The number of nitrogens with zero attached hydrogens (tertiary/aromatic N) is 2. The van der Waals surface area contributed by atoms with Crippen LogP contribution >= 0.6 is 11.6 Å². The van der Waals surface area contributed by atoms with Crippen LogP contribution in [0, 0.1) is 0 Å². The molecule has 0 unspecified atom stereocenters. The van der Waals surface area contributed by atoms with Crippen molar-refractivity contribution in [2.75, 3.05) is 26.2 Å². The van der Waals surface area contributed by atoms with Crippen LogP contribution in [0.3, 0.4) is 0 Å². The standard InChI is InChI=1S/C39H53ClN4O/c1-7-22-41-37(28-36(29(4)5)42-39(45)43-38(30(6)8-2)35(40)9-3)34-21-16-20-33(27-34)32-19-15-18-31(26-32)17-11-14-25-44-23-12-10-13-24-44/h8,15-16,18-21,26-28H,4,7,9-14,17,22-25H2,1-3,5-6H3,(H2,42,43,45)/b30-8-,36-28+,38-35-,41-37?. The van der Waals surface area contributed by atoms with Crippen LogP contribution in [-0.4, -0.2) is 42.8 Å². The van der Waals surface area contributed by atoms with Crippen LogP contribution in [0.25, 0.3) is 11.1 Å². The van der Waals surface area contributed by atoms with E-state index in [1.54, 1.807) is 0 Å². The molecule has 1 heterocycles. The lowest BCUT2D eigenvalue weighted by Crippen LogP contribution is -2.35. The molecule has 0 saturated carbocycles. The number of hydrogen-bond donors (Lipinski definition) is 2. The fraction of sp³-hybridized carbons (Fsp3) is 0.436. The molecule has 1 aliphatic rings. The first-order valence-electron chi connectivity index (χ1n) is 16.7. The smallest absolute Gasteiger partial charge is 0.307 e. The normalized spacial score (nSPS) is 15.5. The number of carbonyl (C=O) groups excluding carboxylic acids is 1. The summed E-state index contributed by atoms with van der Waals surface area (Å²) in [4.78, 5) is 20.7. The number of allylic oxidation sites excluding steroid dienone is 5. The van der Waals surface area contributed by atoms with Gasteiger partial charge in [0.2, 0.25) is 0 Å². The lowest BCUT2D eigenvalue weighted by molar-refractivity contribution is 0.225. The Morgan fingerprint density at radius 3 is 2.38 bits per heavy atom. The van der Waals surface area contributed by atoms with Crippen molar-refractivity contribution in [2.45, 2.75) is 86.0 Å². The van der Waals surface area contributed by atoms with Crippen LogP contribution in [0.4, 0.5) is 4.79 Å². The SMILES string of the molecule is C=C(C)/C(=C\C(=NCCC)c1cccc(-c2cccc(CCCCN3CCCCC3)c2)c1)NC(=O)NC(/C(C)=C\C)=C(\Cl)CC. The first kappa shape index (κ1) is 36.1. The number of benzene rings is 2. The summed E-state index contributed by atoms with van der Waals surface area (Å²) in [6, 6.07) is 17.0. The summed E-state index contributed by atoms with van der Waals surface area (Å²) < 4.78 is 0. The number of likely N-dealkylation sites (tertiary alicyclic amines) is 1. The molecular weight excluding hydrogens is 576 g/mol. The molecule has 1 fully saturated rings. The zero-order valence-electron chi connectivity index (χ0n) is 28.1. The Balaban J connectivity index is 1.79. The number of aryl methyl sites for hydroxylation is 1. The van der Waals surface area contributed by atoms with E-state index in [-0.39, 0.29) is 6.03 Å². The van der Waals surface area contributed by atoms with E-state index in [1.165, 1.54) is 62.9 Å². The highest BCUT2D eigenvalue weighted by Crippen LogP contribution is 2.24. The summed E-state index contributed by atoms with van der Waals surface area (Å²) >= 11 is 6.45. The summed E-state index contributed by atoms with van der Waals surface area (Å²) in [5, 5.41) is 6.53. The molecule has 0 atom stereocenters. The molecule has 2 amide bonds. The maximum atomic E-state index is 13.1. The zero-order chi connectivity index (χ0) is 32.6. The van der Waals surface area contributed by atoms with Crippen LogP contribution in [0.1, 0.15) is 90.7 Å². The topological polar surface area (TPSA) is 56.7 Å². The van der Waals surface area contributed by atoms with Crippen LogP contribution in [0.15, 0.2) is 99.8 Å². The molecule has 2 aromatic carbocycles. The average Bonchev–Trinajstić information content (AvgIpc) is 3.06. The van der Waals surface area contributed by atoms with Gasteiger partial charge in [0, 0.05) is 22.8 Å². The lowest BCUT2D eigenvalue weighted by atomic mass is 9.97. The quantitative estimate of drug-likeness (QED) is 0.117. The Hall–Kier alpha value is -3.41. The van der Waals surface area contributed by atoms with Gasteiger partial charge in [-0.15, -0.1) is 0 Å². The Labute approximate surface area is 277 Å². The predicted molar refractivity (Wildman–Crippen MR) is 194 cm³/mol. The summed E-state index contributed by atoms with van der Waals surface area (Å²) in [5.74, 6) is 0. The van der Waals surface area contributed by atoms with E-state index in [0.717, 1.165) is 40.8 Å². The summed E-state index contributed by atoms with van der Waals surface area (Å²) in [7, 11) is 0. The molecule has 0 bridgehead atoms. The summed E-state index contributed by atoms with van der Waals surface area (Å²) in [5.41, 5.74) is 8.38. The molecule has 2 N–H and O–H groups in total.